The molecule has 2 aromatic rings. The summed E-state index contributed by atoms with van der Waals surface area (Å²) in [7, 11) is 1.91. The van der Waals surface area contributed by atoms with Crippen LogP contribution in [0.4, 0.5) is 4.39 Å². The lowest BCUT2D eigenvalue weighted by molar-refractivity contribution is 0.551. The maximum atomic E-state index is 13.4. The zero-order valence-corrected chi connectivity index (χ0v) is 13.6. The Morgan fingerprint density at radius 1 is 1.05 bits per heavy atom. The maximum absolute atomic E-state index is 13.4. The maximum Gasteiger partial charge on any atom is 0.123 e. The van der Waals surface area contributed by atoms with Crippen LogP contribution >= 0.6 is 23.2 Å². The first-order chi connectivity index (χ1) is 9.99. The molecule has 0 heterocycles. The standard InChI is InChI=1S/C17H18Cl2FN/c1-11-3-6-15(20)7-13(11)9-16(21-2)8-12-4-5-14(18)10-17(12)19/h3-7,10,16,21H,8-9H2,1-2H3. The van der Waals surface area contributed by atoms with Crippen molar-refractivity contribution in [3.63, 3.8) is 0 Å². The Morgan fingerprint density at radius 3 is 2.43 bits per heavy atom. The van der Waals surface area contributed by atoms with Gasteiger partial charge in [0, 0.05) is 16.1 Å². The third-order valence-corrected chi connectivity index (χ3v) is 4.25. The Bertz CT molecular complexity index is 628. The monoisotopic (exact) mass is 325 g/mol. The van der Waals surface area contributed by atoms with Crippen molar-refractivity contribution in [1.82, 2.24) is 5.32 Å². The minimum atomic E-state index is -0.199. The Labute approximate surface area is 135 Å². The van der Waals surface area contributed by atoms with Crippen molar-refractivity contribution < 1.29 is 4.39 Å². The molecule has 0 bridgehead atoms. The quantitative estimate of drug-likeness (QED) is 0.831. The topological polar surface area (TPSA) is 12.0 Å². The van der Waals surface area contributed by atoms with Crippen molar-refractivity contribution in [2.24, 2.45) is 0 Å². The van der Waals surface area contributed by atoms with E-state index in [9.17, 15) is 4.39 Å². The molecule has 1 unspecified atom stereocenters. The van der Waals surface area contributed by atoms with Gasteiger partial charge in [-0.3, -0.25) is 0 Å². The molecule has 0 aliphatic heterocycles. The van der Waals surface area contributed by atoms with E-state index in [0.29, 0.717) is 10.0 Å². The van der Waals surface area contributed by atoms with E-state index in [4.69, 9.17) is 23.2 Å². The highest BCUT2D eigenvalue weighted by molar-refractivity contribution is 6.35. The Balaban J connectivity index is 2.14. The summed E-state index contributed by atoms with van der Waals surface area (Å²) in [6, 6.07) is 10.6. The van der Waals surface area contributed by atoms with Gasteiger partial charge in [-0.05, 0) is 67.8 Å². The van der Waals surface area contributed by atoms with Crippen LogP contribution in [0.3, 0.4) is 0 Å². The van der Waals surface area contributed by atoms with Gasteiger partial charge in [0.05, 0.1) is 0 Å². The van der Waals surface area contributed by atoms with E-state index in [1.54, 1.807) is 12.1 Å². The lowest BCUT2D eigenvalue weighted by atomic mass is 9.96. The van der Waals surface area contributed by atoms with Crippen molar-refractivity contribution in [2.45, 2.75) is 25.8 Å². The van der Waals surface area contributed by atoms with Gasteiger partial charge in [-0.1, -0.05) is 35.3 Å². The molecule has 1 atom stereocenters. The second-order valence-corrected chi connectivity index (χ2v) is 6.04. The molecule has 0 saturated carbocycles. The smallest absolute Gasteiger partial charge is 0.123 e. The van der Waals surface area contributed by atoms with Crippen LogP contribution in [0.25, 0.3) is 0 Å². The summed E-state index contributed by atoms with van der Waals surface area (Å²) >= 11 is 12.1. The second-order valence-electron chi connectivity index (χ2n) is 5.20. The first-order valence-electron chi connectivity index (χ1n) is 6.86. The molecule has 1 N–H and O–H groups in total. The molecule has 21 heavy (non-hydrogen) atoms. The lowest BCUT2D eigenvalue weighted by Gasteiger charge is -2.18. The van der Waals surface area contributed by atoms with Gasteiger partial charge in [0.25, 0.3) is 0 Å². The molecule has 0 saturated heterocycles. The summed E-state index contributed by atoms with van der Waals surface area (Å²) in [5.41, 5.74) is 3.15. The SMILES string of the molecule is CNC(Cc1cc(F)ccc1C)Cc1ccc(Cl)cc1Cl. The molecule has 4 heteroatoms. The van der Waals surface area contributed by atoms with Crippen LogP contribution in [0.1, 0.15) is 16.7 Å². The molecule has 0 fully saturated rings. The minimum Gasteiger partial charge on any atom is -0.316 e. The minimum absolute atomic E-state index is 0.184. The van der Waals surface area contributed by atoms with Crippen molar-refractivity contribution in [3.05, 3.63) is 69.0 Å². The number of halogens is 3. The average molecular weight is 326 g/mol. The highest BCUT2D eigenvalue weighted by atomic mass is 35.5. The Kier molecular flexibility index (Phi) is 5.63. The van der Waals surface area contributed by atoms with Gasteiger partial charge in [-0.2, -0.15) is 0 Å². The number of benzene rings is 2. The summed E-state index contributed by atoms with van der Waals surface area (Å²) in [4.78, 5) is 0. The molecule has 0 amide bonds. The van der Waals surface area contributed by atoms with Crippen LogP contribution in [-0.4, -0.2) is 13.1 Å². The van der Waals surface area contributed by atoms with E-state index in [1.807, 2.05) is 32.2 Å². The van der Waals surface area contributed by atoms with E-state index < -0.39 is 0 Å². The van der Waals surface area contributed by atoms with Crippen LogP contribution in [0.5, 0.6) is 0 Å². The summed E-state index contributed by atoms with van der Waals surface area (Å²) in [5.74, 6) is -0.199. The van der Waals surface area contributed by atoms with E-state index >= 15 is 0 Å². The van der Waals surface area contributed by atoms with E-state index in [-0.39, 0.29) is 11.9 Å². The molecule has 112 valence electrons. The van der Waals surface area contributed by atoms with E-state index in [0.717, 1.165) is 29.5 Å². The second kappa shape index (κ2) is 7.26. The molecule has 1 nitrogen and oxygen atoms in total. The summed E-state index contributed by atoms with van der Waals surface area (Å²) in [6.45, 7) is 2.00. The van der Waals surface area contributed by atoms with Crippen molar-refractivity contribution in [3.8, 4) is 0 Å². The summed E-state index contributed by atoms with van der Waals surface area (Å²) in [6.07, 6.45) is 1.52. The molecule has 2 rings (SSSR count). The fourth-order valence-corrected chi connectivity index (χ4v) is 2.84. The number of likely N-dealkylation sites (N-methyl/N-ethyl adjacent to an activating group) is 1. The number of hydrogen-bond acceptors (Lipinski definition) is 1. The van der Waals surface area contributed by atoms with Gasteiger partial charge in [0.1, 0.15) is 5.82 Å². The van der Waals surface area contributed by atoms with Gasteiger partial charge >= 0.3 is 0 Å². The van der Waals surface area contributed by atoms with Crippen LogP contribution in [0.15, 0.2) is 36.4 Å². The molecule has 0 spiro atoms. The molecule has 2 aromatic carbocycles. The molecular weight excluding hydrogens is 308 g/mol. The third-order valence-electron chi connectivity index (χ3n) is 3.67. The van der Waals surface area contributed by atoms with Gasteiger partial charge in [-0.25, -0.2) is 4.39 Å². The molecular formula is C17H18Cl2FN. The predicted octanol–water partition coefficient (Wildman–Crippen LogP) is 4.81. The molecule has 0 aromatic heterocycles. The van der Waals surface area contributed by atoms with Crippen molar-refractivity contribution >= 4 is 23.2 Å². The fourth-order valence-electron chi connectivity index (χ4n) is 2.35. The normalized spacial score (nSPS) is 12.4. The van der Waals surface area contributed by atoms with E-state index in [1.165, 1.54) is 6.07 Å². The highest BCUT2D eigenvalue weighted by Crippen LogP contribution is 2.23. The van der Waals surface area contributed by atoms with Crippen LogP contribution in [0.2, 0.25) is 10.0 Å². The zero-order valence-electron chi connectivity index (χ0n) is 12.1. The predicted molar refractivity (Wildman–Crippen MR) is 87.9 cm³/mol. The number of nitrogens with one attached hydrogen (secondary N) is 1. The number of hydrogen-bond donors (Lipinski definition) is 1. The Morgan fingerprint density at radius 2 is 1.76 bits per heavy atom. The summed E-state index contributed by atoms with van der Waals surface area (Å²) in [5, 5.41) is 4.57. The number of aryl methyl sites for hydroxylation is 1. The van der Waals surface area contributed by atoms with Gasteiger partial charge < -0.3 is 5.32 Å². The molecule has 0 aliphatic rings. The average Bonchev–Trinajstić information content (AvgIpc) is 2.44. The van der Waals surface area contributed by atoms with Gasteiger partial charge in [0.2, 0.25) is 0 Å². The molecule has 0 aliphatic carbocycles. The van der Waals surface area contributed by atoms with Crippen LogP contribution < -0.4 is 5.32 Å². The van der Waals surface area contributed by atoms with Crippen LogP contribution in [-0.2, 0) is 12.8 Å². The fraction of sp³-hybridized carbons (Fsp3) is 0.294. The largest absolute Gasteiger partial charge is 0.316 e. The Hall–Kier alpha value is -1.09. The van der Waals surface area contributed by atoms with E-state index in [2.05, 4.69) is 5.32 Å². The third kappa shape index (κ3) is 4.44. The summed E-state index contributed by atoms with van der Waals surface area (Å²) < 4.78 is 13.4. The first-order valence-corrected chi connectivity index (χ1v) is 7.61. The lowest BCUT2D eigenvalue weighted by Crippen LogP contribution is -2.30. The first kappa shape index (κ1) is 16.3. The van der Waals surface area contributed by atoms with Crippen LogP contribution in [0, 0.1) is 12.7 Å². The molecule has 0 radical (unpaired) electrons. The zero-order chi connectivity index (χ0) is 15.4. The van der Waals surface area contributed by atoms with Gasteiger partial charge in [-0.15, -0.1) is 0 Å². The van der Waals surface area contributed by atoms with Gasteiger partial charge in [0.15, 0.2) is 0 Å². The highest BCUT2D eigenvalue weighted by Gasteiger charge is 2.13. The van der Waals surface area contributed by atoms with Crippen molar-refractivity contribution in [1.29, 1.82) is 0 Å². The van der Waals surface area contributed by atoms with Crippen molar-refractivity contribution in [2.75, 3.05) is 7.05 Å². The number of rotatable bonds is 5.